The standard InChI is InChI=1S/C60H39BN2S/c1-5-18-40(19-6-1)44-32-34-55-51(36-44)61-52-37-45(41-20-7-2-8-21-41)33-35-57(52)64-58-39-46(62-53-30-15-13-26-49(53)50-27-14-16-31-54(50)62)38-56(59(58)61)63(55)60-47(42-22-9-3-10-23-42)28-17-29-48(60)43-24-11-4-12-25-43/h1-39H/i13D,14D,15D,16D,26D,27D,30D,31D. The molecule has 0 amide bonds. The van der Waals surface area contributed by atoms with E-state index in [1.165, 1.54) is 0 Å². The fraction of sp³-hybridized carbons (Fsp3) is 0. The van der Waals surface area contributed by atoms with Crippen molar-refractivity contribution in [3.63, 3.8) is 0 Å². The monoisotopic (exact) mass is 838 g/mol. The number of hydrogen-bond donors (Lipinski definition) is 0. The summed E-state index contributed by atoms with van der Waals surface area (Å²) < 4.78 is 74.5. The molecule has 3 heterocycles. The third-order valence-corrected chi connectivity index (χ3v) is 13.8. The van der Waals surface area contributed by atoms with Crippen molar-refractivity contribution in [3.8, 4) is 50.2 Å². The topological polar surface area (TPSA) is 8.17 Å². The van der Waals surface area contributed by atoms with Crippen LogP contribution < -0.4 is 21.3 Å². The molecular formula is C60H39BN2S. The van der Waals surface area contributed by atoms with Crippen LogP contribution in [0.2, 0.25) is 0 Å². The van der Waals surface area contributed by atoms with E-state index in [1.807, 2.05) is 54.6 Å². The Bertz CT molecular complexity index is 3920. The van der Waals surface area contributed by atoms with Crippen molar-refractivity contribution < 1.29 is 11.0 Å². The van der Waals surface area contributed by atoms with E-state index < -0.39 is 24.2 Å². The molecule has 2 aliphatic heterocycles. The Hall–Kier alpha value is -7.79. The second-order valence-corrected chi connectivity index (χ2v) is 17.3. The van der Waals surface area contributed by atoms with Gasteiger partial charge in [0.15, 0.2) is 0 Å². The summed E-state index contributed by atoms with van der Waals surface area (Å²) in [6, 6.07) is 62.2. The number of hydrogen-bond acceptors (Lipinski definition) is 2. The maximum atomic E-state index is 9.48. The van der Waals surface area contributed by atoms with Crippen LogP contribution in [0.15, 0.2) is 246 Å². The first kappa shape index (κ1) is 29.5. The molecule has 13 rings (SSSR count). The molecule has 0 unspecified atom stereocenters. The fourth-order valence-electron chi connectivity index (χ4n) is 9.90. The third-order valence-electron chi connectivity index (χ3n) is 12.7. The quantitative estimate of drug-likeness (QED) is 0.154. The summed E-state index contributed by atoms with van der Waals surface area (Å²) in [4.78, 5) is 4.32. The highest BCUT2D eigenvalue weighted by Gasteiger charge is 2.43. The van der Waals surface area contributed by atoms with Crippen LogP contribution in [0.3, 0.4) is 0 Å². The van der Waals surface area contributed by atoms with Gasteiger partial charge in [0.25, 0.3) is 0 Å². The normalized spacial score (nSPS) is 14.3. The summed E-state index contributed by atoms with van der Waals surface area (Å²) in [6.45, 7) is -0.282. The van der Waals surface area contributed by atoms with Crippen LogP contribution in [0, 0.1) is 0 Å². The zero-order chi connectivity index (χ0) is 49.1. The Labute approximate surface area is 389 Å². The molecule has 0 N–H and O–H groups in total. The number of benzene rings is 10. The van der Waals surface area contributed by atoms with Gasteiger partial charge in [0.1, 0.15) is 0 Å². The highest BCUT2D eigenvalue weighted by atomic mass is 32.2. The molecule has 2 aliphatic rings. The average molecular weight is 839 g/mol. The third kappa shape index (κ3) is 5.83. The number of fused-ring (bicyclic) bond motifs is 7. The minimum Gasteiger partial charge on any atom is -0.310 e. The summed E-state index contributed by atoms with van der Waals surface area (Å²) in [7, 11) is 0. The Balaban J connectivity index is 1.21. The van der Waals surface area contributed by atoms with Gasteiger partial charge in [-0.1, -0.05) is 217 Å². The molecule has 0 saturated heterocycles. The predicted octanol–water partition coefficient (Wildman–Crippen LogP) is 14.2. The molecule has 10 aromatic carbocycles. The van der Waals surface area contributed by atoms with Crippen molar-refractivity contribution in [1.82, 2.24) is 4.57 Å². The van der Waals surface area contributed by atoms with Gasteiger partial charge in [0.2, 0.25) is 6.71 Å². The van der Waals surface area contributed by atoms with Crippen LogP contribution >= 0.6 is 11.8 Å². The van der Waals surface area contributed by atoms with Gasteiger partial charge in [-0.3, -0.25) is 0 Å². The van der Waals surface area contributed by atoms with Crippen LogP contribution in [0.4, 0.5) is 17.1 Å². The van der Waals surface area contributed by atoms with E-state index in [4.69, 9.17) is 5.48 Å². The number of nitrogens with zero attached hydrogens (tertiary/aromatic N) is 2. The van der Waals surface area contributed by atoms with Crippen molar-refractivity contribution in [3.05, 3.63) is 236 Å². The fourth-order valence-corrected chi connectivity index (χ4v) is 11.1. The van der Waals surface area contributed by atoms with E-state index in [0.717, 1.165) is 87.7 Å². The Morgan fingerprint density at radius 1 is 0.406 bits per heavy atom. The molecule has 4 heteroatoms. The van der Waals surface area contributed by atoms with E-state index >= 15 is 0 Å². The zero-order valence-electron chi connectivity index (χ0n) is 42.3. The van der Waals surface area contributed by atoms with Crippen molar-refractivity contribution in [2.45, 2.75) is 9.79 Å². The van der Waals surface area contributed by atoms with Crippen LogP contribution in [0.25, 0.3) is 72.0 Å². The SMILES string of the molecule is [2H]c1c([2H])c([2H])c2c(c1[2H])c1c([2H])c([2H])c([2H])c([2H])c1n2-c1cc2c3c(c1)N(c1c(-c4ccccc4)cccc1-c1ccccc1)c1ccc(-c4ccccc4)cc1B3c1cc(-c3ccccc3)ccc1S2. The molecule has 0 spiro atoms. The second-order valence-electron chi connectivity index (χ2n) is 16.2. The van der Waals surface area contributed by atoms with Crippen LogP contribution in [-0.4, -0.2) is 11.3 Å². The first-order valence-electron chi connectivity index (χ1n) is 25.4. The summed E-state index contributed by atoms with van der Waals surface area (Å²) in [6.07, 6.45) is 0. The van der Waals surface area contributed by atoms with Crippen molar-refractivity contribution in [2.24, 2.45) is 0 Å². The summed E-state index contributed by atoms with van der Waals surface area (Å²) in [5, 5.41) is 0.0743. The maximum absolute atomic E-state index is 9.48. The molecule has 64 heavy (non-hydrogen) atoms. The van der Waals surface area contributed by atoms with Crippen LogP contribution in [0.5, 0.6) is 0 Å². The van der Waals surface area contributed by atoms with Gasteiger partial charge in [-0.05, 0) is 80.7 Å². The Kier molecular flexibility index (Phi) is 6.89. The average Bonchev–Trinajstić information content (AvgIpc) is 3.80. The molecule has 0 bridgehead atoms. The van der Waals surface area contributed by atoms with Gasteiger partial charge in [0, 0.05) is 48.8 Å². The molecule has 0 aliphatic carbocycles. The second kappa shape index (κ2) is 14.9. The minimum absolute atomic E-state index is 0.0371. The molecule has 1 aromatic heterocycles. The lowest BCUT2D eigenvalue weighted by Gasteiger charge is -2.42. The molecule has 0 atom stereocenters. The maximum Gasteiger partial charge on any atom is 0.249 e. The lowest BCUT2D eigenvalue weighted by Crippen LogP contribution is -2.60. The van der Waals surface area contributed by atoms with Gasteiger partial charge < -0.3 is 9.47 Å². The molecule has 2 nitrogen and oxygen atoms in total. The zero-order valence-corrected chi connectivity index (χ0v) is 35.1. The first-order valence-corrected chi connectivity index (χ1v) is 22.2. The highest BCUT2D eigenvalue weighted by Crippen LogP contribution is 2.50. The minimum atomic E-state index is -0.479. The lowest BCUT2D eigenvalue weighted by molar-refractivity contribution is 1.15. The molecule has 0 radical (unpaired) electrons. The predicted molar refractivity (Wildman–Crippen MR) is 272 cm³/mol. The number of para-hydroxylation sites is 3. The van der Waals surface area contributed by atoms with E-state index in [1.54, 1.807) is 16.3 Å². The van der Waals surface area contributed by atoms with Crippen LogP contribution in [0.1, 0.15) is 11.0 Å². The van der Waals surface area contributed by atoms with Gasteiger partial charge in [-0.15, -0.1) is 0 Å². The number of aromatic nitrogens is 1. The van der Waals surface area contributed by atoms with Crippen LogP contribution in [-0.2, 0) is 0 Å². The molecular weight excluding hydrogens is 792 g/mol. The molecule has 298 valence electrons. The van der Waals surface area contributed by atoms with E-state index in [0.29, 0.717) is 5.69 Å². The molecule has 11 aromatic rings. The molecule has 0 saturated carbocycles. The van der Waals surface area contributed by atoms with E-state index in [2.05, 4.69) is 138 Å². The van der Waals surface area contributed by atoms with E-state index in [-0.39, 0.29) is 52.7 Å². The highest BCUT2D eigenvalue weighted by molar-refractivity contribution is 8.00. The lowest BCUT2D eigenvalue weighted by atomic mass is 9.34. The smallest absolute Gasteiger partial charge is 0.249 e. The van der Waals surface area contributed by atoms with Crippen molar-refractivity contribution in [2.75, 3.05) is 4.90 Å². The first-order chi connectivity index (χ1) is 35.1. The summed E-state index contributed by atoms with van der Waals surface area (Å²) in [5.41, 5.74) is 15.0. The number of rotatable bonds is 6. The van der Waals surface area contributed by atoms with Gasteiger partial charge >= 0.3 is 0 Å². The largest absolute Gasteiger partial charge is 0.310 e. The number of anilines is 3. The summed E-state index contributed by atoms with van der Waals surface area (Å²) >= 11 is 1.63. The van der Waals surface area contributed by atoms with Gasteiger partial charge in [-0.2, -0.15) is 0 Å². The van der Waals surface area contributed by atoms with Gasteiger partial charge in [0.05, 0.1) is 27.7 Å². The van der Waals surface area contributed by atoms with Crippen molar-refractivity contribution in [1.29, 1.82) is 0 Å². The Morgan fingerprint density at radius 2 is 0.922 bits per heavy atom. The Morgan fingerprint density at radius 3 is 1.50 bits per heavy atom. The summed E-state index contributed by atoms with van der Waals surface area (Å²) in [5.74, 6) is 0. The van der Waals surface area contributed by atoms with Crippen molar-refractivity contribution >= 4 is 73.7 Å². The molecule has 0 fully saturated rings. The van der Waals surface area contributed by atoms with Gasteiger partial charge in [-0.25, -0.2) is 0 Å². The van der Waals surface area contributed by atoms with E-state index in [9.17, 15) is 5.48 Å².